The molecule has 1 N–H and O–H groups in total. The van der Waals surface area contributed by atoms with Crippen molar-refractivity contribution in [3.8, 4) is 0 Å². The summed E-state index contributed by atoms with van der Waals surface area (Å²) in [5.74, 6) is -1.78. The van der Waals surface area contributed by atoms with E-state index in [4.69, 9.17) is 5.11 Å². The second-order valence-corrected chi connectivity index (χ2v) is 4.58. The van der Waals surface area contributed by atoms with Gasteiger partial charge in [0, 0.05) is 36.5 Å². The van der Waals surface area contributed by atoms with E-state index in [2.05, 4.69) is 0 Å². The highest BCUT2D eigenvalue weighted by molar-refractivity contribution is 5.71. The molecular formula is C13H16F2N2O4. The van der Waals surface area contributed by atoms with E-state index >= 15 is 0 Å². The van der Waals surface area contributed by atoms with Crippen molar-refractivity contribution in [3.05, 3.63) is 33.9 Å². The number of non-ortho nitro benzene ring substituents is 1. The van der Waals surface area contributed by atoms with Crippen molar-refractivity contribution in [2.45, 2.75) is 20.3 Å². The number of aliphatic carboxylic acids is 1. The van der Waals surface area contributed by atoms with Crippen LogP contribution in [0.4, 0.5) is 20.2 Å². The molecule has 21 heavy (non-hydrogen) atoms. The first-order valence-electron chi connectivity index (χ1n) is 6.32. The molecule has 0 amide bonds. The van der Waals surface area contributed by atoms with Gasteiger partial charge in [-0.05, 0) is 13.0 Å². The molecule has 0 saturated carbocycles. The average Bonchev–Trinajstić information content (AvgIpc) is 2.43. The van der Waals surface area contributed by atoms with Crippen LogP contribution < -0.4 is 4.90 Å². The number of alkyl halides is 2. The lowest BCUT2D eigenvalue weighted by molar-refractivity contribution is -0.385. The Hall–Kier alpha value is -2.25. The standard InChI is InChI=1S/C13H16F2N2O4/c1-3-16(7-8(2)13(18)19)11-5-4-9(17(20)21)6-10(11)12(14)15/h4-6,8,12H,3,7H2,1-2H3,(H,18,19). The topological polar surface area (TPSA) is 83.7 Å². The van der Waals surface area contributed by atoms with E-state index in [-0.39, 0.29) is 12.2 Å². The molecule has 0 heterocycles. The Labute approximate surface area is 120 Å². The van der Waals surface area contributed by atoms with Gasteiger partial charge in [-0.15, -0.1) is 0 Å². The summed E-state index contributed by atoms with van der Waals surface area (Å²) in [6.45, 7) is 3.53. The van der Waals surface area contributed by atoms with Crippen LogP contribution in [0, 0.1) is 16.0 Å². The first-order chi connectivity index (χ1) is 9.77. The van der Waals surface area contributed by atoms with Gasteiger partial charge in [-0.2, -0.15) is 0 Å². The van der Waals surface area contributed by atoms with Gasteiger partial charge in [0.1, 0.15) is 0 Å². The Morgan fingerprint density at radius 1 is 1.48 bits per heavy atom. The van der Waals surface area contributed by atoms with Crippen LogP contribution in [0.1, 0.15) is 25.8 Å². The number of halogens is 2. The van der Waals surface area contributed by atoms with Gasteiger partial charge < -0.3 is 10.0 Å². The second kappa shape index (κ2) is 6.96. The van der Waals surface area contributed by atoms with E-state index in [1.54, 1.807) is 6.92 Å². The number of nitro benzene ring substituents is 1. The van der Waals surface area contributed by atoms with Crippen molar-refractivity contribution in [1.82, 2.24) is 0 Å². The summed E-state index contributed by atoms with van der Waals surface area (Å²) in [6.07, 6.45) is -2.88. The average molecular weight is 302 g/mol. The van der Waals surface area contributed by atoms with Crippen LogP contribution in [0.5, 0.6) is 0 Å². The molecule has 0 radical (unpaired) electrons. The zero-order valence-corrected chi connectivity index (χ0v) is 11.6. The fraction of sp³-hybridized carbons (Fsp3) is 0.462. The molecular weight excluding hydrogens is 286 g/mol. The minimum atomic E-state index is -2.88. The molecule has 1 aromatic rings. The second-order valence-electron chi connectivity index (χ2n) is 4.58. The smallest absolute Gasteiger partial charge is 0.308 e. The molecule has 0 saturated heterocycles. The number of hydrogen-bond donors (Lipinski definition) is 1. The summed E-state index contributed by atoms with van der Waals surface area (Å²) in [4.78, 5) is 22.3. The predicted octanol–water partition coefficient (Wildman–Crippen LogP) is 3.08. The van der Waals surface area contributed by atoms with Gasteiger partial charge in [0.25, 0.3) is 12.1 Å². The van der Waals surface area contributed by atoms with Crippen molar-refractivity contribution in [2.24, 2.45) is 5.92 Å². The van der Waals surface area contributed by atoms with E-state index in [1.807, 2.05) is 0 Å². The third-order valence-corrected chi connectivity index (χ3v) is 3.10. The lowest BCUT2D eigenvalue weighted by Gasteiger charge is -2.27. The molecule has 0 bridgehead atoms. The molecule has 1 aromatic carbocycles. The molecule has 1 atom stereocenters. The summed E-state index contributed by atoms with van der Waals surface area (Å²) in [5, 5.41) is 19.6. The van der Waals surface area contributed by atoms with E-state index in [0.717, 1.165) is 12.1 Å². The summed E-state index contributed by atoms with van der Waals surface area (Å²) in [5.41, 5.74) is -0.772. The van der Waals surface area contributed by atoms with Crippen LogP contribution in [0.15, 0.2) is 18.2 Å². The van der Waals surface area contributed by atoms with E-state index in [0.29, 0.717) is 6.54 Å². The maximum atomic E-state index is 13.1. The maximum absolute atomic E-state index is 13.1. The Morgan fingerprint density at radius 3 is 2.52 bits per heavy atom. The Balaban J connectivity index is 3.19. The number of carboxylic acid groups (broad SMARTS) is 1. The third-order valence-electron chi connectivity index (χ3n) is 3.10. The number of carbonyl (C=O) groups is 1. The minimum Gasteiger partial charge on any atom is -0.481 e. The molecule has 0 fully saturated rings. The number of benzene rings is 1. The van der Waals surface area contributed by atoms with Gasteiger partial charge in [0.2, 0.25) is 0 Å². The molecule has 6 nitrogen and oxygen atoms in total. The van der Waals surface area contributed by atoms with Crippen molar-refractivity contribution in [3.63, 3.8) is 0 Å². The monoisotopic (exact) mass is 302 g/mol. The Kier molecular flexibility index (Phi) is 5.57. The van der Waals surface area contributed by atoms with Gasteiger partial charge in [0.05, 0.1) is 10.8 Å². The van der Waals surface area contributed by atoms with E-state index in [9.17, 15) is 23.7 Å². The van der Waals surface area contributed by atoms with Crippen LogP contribution in [-0.4, -0.2) is 29.1 Å². The molecule has 0 aliphatic carbocycles. The number of nitro groups is 1. The summed E-state index contributed by atoms with van der Waals surface area (Å²) >= 11 is 0. The first kappa shape index (κ1) is 16.8. The minimum absolute atomic E-state index is 0.0450. The fourth-order valence-corrected chi connectivity index (χ4v) is 1.92. The first-order valence-corrected chi connectivity index (χ1v) is 6.32. The largest absolute Gasteiger partial charge is 0.481 e. The SMILES string of the molecule is CCN(CC(C)C(=O)O)c1ccc([N+](=O)[O-])cc1C(F)F. The van der Waals surface area contributed by atoms with Crippen LogP contribution >= 0.6 is 0 Å². The normalized spacial score (nSPS) is 12.2. The number of anilines is 1. The van der Waals surface area contributed by atoms with Crippen LogP contribution in [0.2, 0.25) is 0 Å². The van der Waals surface area contributed by atoms with Gasteiger partial charge in [-0.3, -0.25) is 14.9 Å². The van der Waals surface area contributed by atoms with Gasteiger partial charge in [-0.1, -0.05) is 6.92 Å². The molecule has 0 aliphatic rings. The van der Waals surface area contributed by atoms with Gasteiger partial charge in [0.15, 0.2) is 0 Å². The van der Waals surface area contributed by atoms with Gasteiger partial charge in [-0.25, -0.2) is 8.78 Å². The van der Waals surface area contributed by atoms with Crippen LogP contribution in [-0.2, 0) is 4.79 Å². The van der Waals surface area contributed by atoms with Crippen LogP contribution in [0.25, 0.3) is 0 Å². The molecule has 8 heteroatoms. The number of carboxylic acids is 1. The summed E-state index contributed by atoms with van der Waals surface area (Å²) < 4.78 is 26.2. The maximum Gasteiger partial charge on any atom is 0.308 e. The lowest BCUT2D eigenvalue weighted by atomic mass is 10.1. The van der Waals surface area contributed by atoms with E-state index in [1.165, 1.54) is 17.9 Å². The quantitative estimate of drug-likeness (QED) is 0.618. The molecule has 1 rings (SSSR count). The highest BCUT2D eigenvalue weighted by atomic mass is 19.3. The molecule has 0 aliphatic heterocycles. The predicted molar refractivity (Wildman–Crippen MR) is 72.7 cm³/mol. The molecule has 0 spiro atoms. The number of hydrogen-bond acceptors (Lipinski definition) is 4. The summed E-state index contributed by atoms with van der Waals surface area (Å²) in [7, 11) is 0. The van der Waals surface area contributed by atoms with Crippen molar-refractivity contribution in [2.75, 3.05) is 18.0 Å². The molecule has 1 unspecified atom stereocenters. The number of rotatable bonds is 7. The van der Waals surface area contributed by atoms with E-state index < -0.39 is 34.5 Å². The molecule has 0 aromatic heterocycles. The Morgan fingerprint density at radius 2 is 2.10 bits per heavy atom. The number of nitrogens with zero attached hydrogens (tertiary/aromatic N) is 2. The highest BCUT2D eigenvalue weighted by Gasteiger charge is 2.23. The van der Waals surface area contributed by atoms with Crippen molar-refractivity contribution < 1.29 is 23.6 Å². The molecule has 116 valence electrons. The van der Waals surface area contributed by atoms with Crippen molar-refractivity contribution in [1.29, 1.82) is 0 Å². The lowest BCUT2D eigenvalue weighted by Crippen LogP contribution is -2.32. The summed E-state index contributed by atoms with van der Waals surface area (Å²) in [6, 6.07) is 3.20. The van der Waals surface area contributed by atoms with Crippen LogP contribution in [0.3, 0.4) is 0 Å². The highest BCUT2D eigenvalue weighted by Crippen LogP contribution is 2.33. The zero-order chi connectivity index (χ0) is 16.2. The Bertz CT molecular complexity index is 537. The fourth-order valence-electron chi connectivity index (χ4n) is 1.92. The van der Waals surface area contributed by atoms with Gasteiger partial charge >= 0.3 is 5.97 Å². The zero-order valence-electron chi connectivity index (χ0n) is 11.6. The van der Waals surface area contributed by atoms with Crippen molar-refractivity contribution >= 4 is 17.3 Å². The third kappa shape index (κ3) is 4.11.